The standard InChI is InChI=1S/C14H14N2O3/c1-8-3-4-10(5-9(8)2)6-12-15-7-11(14(18)19)13(17)16-12/h3-5,7H,6H2,1-2H3,(H,18,19)(H,15,16,17). The normalized spacial score (nSPS) is 10.4. The zero-order chi connectivity index (χ0) is 14.0. The number of benzene rings is 1. The van der Waals surface area contributed by atoms with E-state index >= 15 is 0 Å². The van der Waals surface area contributed by atoms with Gasteiger partial charge in [-0.3, -0.25) is 4.79 Å². The van der Waals surface area contributed by atoms with Crippen LogP contribution >= 0.6 is 0 Å². The third-order valence-corrected chi connectivity index (χ3v) is 3.03. The number of nitrogens with zero attached hydrogens (tertiary/aromatic N) is 1. The van der Waals surface area contributed by atoms with Crippen molar-refractivity contribution < 1.29 is 9.90 Å². The molecule has 0 aliphatic heterocycles. The highest BCUT2D eigenvalue weighted by molar-refractivity contribution is 5.86. The summed E-state index contributed by atoms with van der Waals surface area (Å²) in [5, 5.41) is 8.75. The summed E-state index contributed by atoms with van der Waals surface area (Å²) < 4.78 is 0. The Morgan fingerprint density at radius 3 is 2.63 bits per heavy atom. The lowest BCUT2D eigenvalue weighted by Gasteiger charge is -2.05. The maximum Gasteiger partial charge on any atom is 0.342 e. The maximum absolute atomic E-state index is 11.5. The molecule has 1 aromatic carbocycles. The van der Waals surface area contributed by atoms with Gasteiger partial charge in [0.15, 0.2) is 0 Å². The number of carboxylic acids is 1. The first-order valence-corrected chi connectivity index (χ1v) is 5.85. The minimum atomic E-state index is -1.27. The van der Waals surface area contributed by atoms with Crippen LogP contribution in [0.3, 0.4) is 0 Å². The number of hydrogen-bond donors (Lipinski definition) is 2. The molecule has 0 amide bonds. The van der Waals surface area contributed by atoms with E-state index in [0.29, 0.717) is 12.2 Å². The second-order valence-corrected chi connectivity index (χ2v) is 4.47. The maximum atomic E-state index is 11.5. The van der Waals surface area contributed by atoms with Gasteiger partial charge in [-0.1, -0.05) is 18.2 Å². The van der Waals surface area contributed by atoms with Crippen LogP contribution in [0.2, 0.25) is 0 Å². The zero-order valence-electron chi connectivity index (χ0n) is 10.7. The minimum Gasteiger partial charge on any atom is -0.477 e. The molecule has 5 heteroatoms. The van der Waals surface area contributed by atoms with Crippen molar-refractivity contribution in [3.8, 4) is 0 Å². The second-order valence-electron chi connectivity index (χ2n) is 4.47. The number of aryl methyl sites for hydroxylation is 2. The van der Waals surface area contributed by atoms with Crippen LogP contribution in [0.1, 0.15) is 32.9 Å². The van der Waals surface area contributed by atoms with Gasteiger partial charge in [-0.15, -0.1) is 0 Å². The van der Waals surface area contributed by atoms with Gasteiger partial charge in [0.1, 0.15) is 11.4 Å². The summed E-state index contributed by atoms with van der Waals surface area (Å²) in [6.45, 7) is 4.05. The first-order valence-electron chi connectivity index (χ1n) is 5.85. The molecule has 0 bridgehead atoms. The lowest BCUT2D eigenvalue weighted by Crippen LogP contribution is -2.20. The molecule has 2 N–H and O–H groups in total. The Morgan fingerprint density at radius 1 is 1.32 bits per heavy atom. The van der Waals surface area contributed by atoms with Crippen LogP contribution in [0.4, 0.5) is 0 Å². The molecule has 0 aliphatic rings. The summed E-state index contributed by atoms with van der Waals surface area (Å²) in [5.41, 5.74) is 2.42. The molecule has 0 radical (unpaired) electrons. The van der Waals surface area contributed by atoms with Gasteiger partial charge in [0, 0.05) is 12.6 Å². The second kappa shape index (κ2) is 5.06. The quantitative estimate of drug-likeness (QED) is 0.877. The summed E-state index contributed by atoms with van der Waals surface area (Å²) in [4.78, 5) is 28.7. The molecule has 1 aromatic heterocycles. The molecule has 98 valence electrons. The molecule has 2 rings (SSSR count). The zero-order valence-corrected chi connectivity index (χ0v) is 10.7. The van der Waals surface area contributed by atoms with Gasteiger partial charge in [0.25, 0.3) is 5.56 Å². The Kier molecular flexibility index (Phi) is 3.46. The molecule has 0 saturated heterocycles. The number of aromatic amines is 1. The van der Waals surface area contributed by atoms with Gasteiger partial charge in [-0.05, 0) is 30.5 Å². The number of carboxylic acid groups (broad SMARTS) is 1. The van der Waals surface area contributed by atoms with Crippen molar-refractivity contribution in [3.63, 3.8) is 0 Å². The molecule has 5 nitrogen and oxygen atoms in total. The molecule has 0 unspecified atom stereocenters. The van der Waals surface area contributed by atoms with Crippen LogP contribution in [0.5, 0.6) is 0 Å². The van der Waals surface area contributed by atoms with E-state index in [1.165, 1.54) is 11.1 Å². The highest BCUT2D eigenvalue weighted by Gasteiger charge is 2.10. The van der Waals surface area contributed by atoms with Crippen LogP contribution in [-0.4, -0.2) is 21.0 Å². The average molecular weight is 258 g/mol. The van der Waals surface area contributed by atoms with E-state index in [9.17, 15) is 9.59 Å². The van der Waals surface area contributed by atoms with E-state index in [1.54, 1.807) is 0 Å². The first kappa shape index (κ1) is 13.0. The van der Waals surface area contributed by atoms with Crippen LogP contribution in [-0.2, 0) is 6.42 Å². The Hall–Kier alpha value is -2.43. The van der Waals surface area contributed by atoms with E-state index in [4.69, 9.17) is 5.11 Å². The lowest BCUT2D eigenvalue weighted by atomic mass is 10.0. The van der Waals surface area contributed by atoms with Gasteiger partial charge in [-0.25, -0.2) is 9.78 Å². The van der Waals surface area contributed by atoms with Crippen LogP contribution in [0.25, 0.3) is 0 Å². The van der Waals surface area contributed by atoms with Gasteiger partial charge >= 0.3 is 5.97 Å². The highest BCUT2D eigenvalue weighted by atomic mass is 16.4. The summed E-state index contributed by atoms with van der Waals surface area (Å²) in [5.74, 6) is -0.815. The number of aromatic nitrogens is 2. The molecule has 1 heterocycles. The Bertz CT molecular complexity index is 689. The number of carbonyl (C=O) groups is 1. The Balaban J connectivity index is 2.29. The topological polar surface area (TPSA) is 83.0 Å². The summed E-state index contributed by atoms with van der Waals surface area (Å²) in [7, 11) is 0. The Labute approximate surface area is 110 Å². The largest absolute Gasteiger partial charge is 0.477 e. The van der Waals surface area contributed by atoms with E-state index < -0.39 is 11.5 Å². The molecular formula is C14H14N2O3. The monoisotopic (exact) mass is 258 g/mol. The van der Waals surface area contributed by atoms with Crippen molar-refractivity contribution >= 4 is 5.97 Å². The minimum absolute atomic E-state index is 0.344. The molecule has 19 heavy (non-hydrogen) atoms. The van der Waals surface area contributed by atoms with Crippen LogP contribution < -0.4 is 5.56 Å². The van der Waals surface area contributed by atoms with Crippen molar-refractivity contribution in [2.24, 2.45) is 0 Å². The van der Waals surface area contributed by atoms with Gasteiger partial charge in [0.05, 0.1) is 0 Å². The fraction of sp³-hybridized carbons (Fsp3) is 0.214. The summed E-state index contributed by atoms with van der Waals surface area (Å²) in [6, 6.07) is 6.00. The van der Waals surface area contributed by atoms with E-state index in [1.807, 2.05) is 32.0 Å². The van der Waals surface area contributed by atoms with E-state index in [0.717, 1.165) is 11.8 Å². The van der Waals surface area contributed by atoms with Crippen molar-refractivity contribution in [2.75, 3.05) is 0 Å². The molecule has 0 spiro atoms. The van der Waals surface area contributed by atoms with Crippen LogP contribution in [0, 0.1) is 13.8 Å². The molecule has 0 fully saturated rings. The fourth-order valence-corrected chi connectivity index (χ4v) is 1.78. The summed E-state index contributed by atoms with van der Waals surface area (Å²) >= 11 is 0. The molecule has 0 aliphatic carbocycles. The number of rotatable bonds is 3. The predicted octanol–water partition coefficient (Wildman–Crippen LogP) is 1.68. The van der Waals surface area contributed by atoms with E-state index in [2.05, 4.69) is 9.97 Å². The lowest BCUT2D eigenvalue weighted by molar-refractivity contribution is 0.0694. The molecule has 0 saturated carbocycles. The number of H-pyrrole nitrogens is 1. The number of hydrogen-bond acceptors (Lipinski definition) is 3. The molecular weight excluding hydrogens is 244 g/mol. The van der Waals surface area contributed by atoms with Crippen molar-refractivity contribution in [1.29, 1.82) is 0 Å². The van der Waals surface area contributed by atoms with Crippen molar-refractivity contribution in [3.05, 3.63) is 62.8 Å². The van der Waals surface area contributed by atoms with Gasteiger partial charge < -0.3 is 10.1 Å². The van der Waals surface area contributed by atoms with Crippen LogP contribution in [0.15, 0.2) is 29.2 Å². The smallest absolute Gasteiger partial charge is 0.342 e. The number of aromatic carboxylic acids is 1. The predicted molar refractivity (Wildman–Crippen MR) is 70.5 cm³/mol. The molecule has 0 atom stereocenters. The average Bonchev–Trinajstić information content (AvgIpc) is 2.33. The molecule has 2 aromatic rings. The summed E-state index contributed by atoms with van der Waals surface area (Å²) in [6.07, 6.45) is 1.56. The third kappa shape index (κ3) is 2.88. The first-order chi connectivity index (χ1) is 8.97. The SMILES string of the molecule is Cc1ccc(Cc2ncc(C(=O)O)c(=O)[nH]2)cc1C. The van der Waals surface area contributed by atoms with Gasteiger partial charge in [-0.2, -0.15) is 0 Å². The van der Waals surface area contributed by atoms with Gasteiger partial charge in [0.2, 0.25) is 0 Å². The highest BCUT2D eigenvalue weighted by Crippen LogP contribution is 2.11. The van der Waals surface area contributed by atoms with Crippen molar-refractivity contribution in [1.82, 2.24) is 9.97 Å². The Morgan fingerprint density at radius 2 is 2.05 bits per heavy atom. The van der Waals surface area contributed by atoms with Crippen molar-refractivity contribution in [2.45, 2.75) is 20.3 Å². The fourth-order valence-electron chi connectivity index (χ4n) is 1.78. The number of nitrogens with one attached hydrogen (secondary N) is 1. The third-order valence-electron chi connectivity index (χ3n) is 3.03. The van der Waals surface area contributed by atoms with E-state index in [-0.39, 0.29) is 5.56 Å².